The van der Waals surface area contributed by atoms with Gasteiger partial charge in [0.25, 0.3) is 11.8 Å². The Labute approximate surface area is 238 Å². The van der Waals surface area contributed by atoms with E-state index in [-0.39, 0.29) is 22.9 Å². The van der Waals surface area contributed by atoms with Crippen molar-refractivity contribution in [3.05, 3.63) is 79.8 Å². The molecule has 12 heteroatoms. The highest BCUT2D eigenvalue weighted by atomic mass is 35.5. The number of anilines is 2. The zero-order chi connectivity index (χ0) is 28.0. The molecule has 40 heavy (non-hydrogen) atoms. The number of aromatic nitrogens is 3. The molecule has 6 rings (SSSR count). The number of hydrogen-bond donors (Lipinski definition) is 1. The van der Waals surface area contributed by atoms with Crippen molar-refractivity contribution in [3.63, 3.8) is 0 Å². The van der Waals surface area contributed by atoms with Gasteiger partial charge in [-0.15, -0.1) is 10.2 Å². The molecule has 2 amide bonds. The number of fused-ring (bicyclic) bond motifs is 1. The quantitative estimate of drug-likeness (QED) is 0.353. The fourth-order valence-corrected chi connectivity index (χ4v) is 5.85. The van der Waals surface area contributed by atoms with Crippen molar-refractivity contribution in [1.82, 2.24) is 19.7 Å². The van der Waals surface area contributed by atoms with E-state index >= 15 is 4.39 Å². The van der Waals surface area contributed by atoms with Gasteiger partial charge < -0.3 is 14.4 Å². The lowest BCUT2D eigenvalue weighted by Gasteiger charge is -2.36. The Morgan fingerprint density at radius 1 is 1.12 bits per heavy atom. The first-order valence-corrected chi connectivity index (χ1v) is 14.3. The van der Waals surface area contributed by atoms with E-state index in [2.05, 4.69) is 15.5 Å². The van der Waals surface area contributed by atoms with Gasteiger partial charge in [-0.25, -0.2) is 4.39 Å². The van der Waals surface area contributed by atoms with Gasteiger partial charge in [-0.3, -0.25) is 19.7 Å². The van der Waals surface area contributed by atoms with Gasteiger partial charge >= 0.3 is 0 Å². The van der Waals surface area contributed by atoms with Crippen LogP contribution in [0.25, 0.3) is 10.9 Å². The van der Waals surface area contributed by atoms with Crippen molar-refractivity contribution in [2.24, 2.45) is 0 Å². The van der Waals surface area contributed by atoms with E-state index in [0.717, 1.165) is 17.8 Å². The van der Waals surface area contributed by atoms with Crippen molar-refractivity contribution in [3.8, 4) is 0 Å². The van der Waals surface area contributed by atoms with E-state index in [1.807, 2.05) is 16.4 Å². The van der Waals surface area contributed by atoms with Gasteiger partial charge in [0.05, 0.1) is 11.2 Å². The van der Waals surface area contributed by atoms with E-state index in [4.69, 9.17) is 11.6 Å². The molecule has 0 bridgehead atoms. The smallest absolute Gasteiger partial charge is 0.262 e. The number of halogens is 2. The molecule has 2 fully saturated rings. The van der Waals surface area contributed by atoms with Crippen LogP contribution in [0.5, 0.6) is 0 Å². The van der Waals surface area contributed by atoms with Crippen LogP contribution in [0.4, 0.5) is 15.2 Å². The van der Waals surface area contributed by atoms with Gasteiger partial charge in [-0.2, -0.15) is 0 Å². The second-order valence-corrected chi connectivity index (χ2v) is 11.4. The van der Waals surface area contributed by atoms with Crippen molar-refractivity contribution in [2.75, 3.05) is 36.4 Å². The molecule has 2 aromatic heterocycles. The number of amides is 2. The Balaban J connectivity index is 1.27. The van der Waals surface area contributed by atoms with Crippen molar-refractivity contribution < 1.29 is 14.0 Å². The molecule has 3 heterocycles. The third-order valence-electron chi connectivity index (χ3n) is 7.25. The summed E-state index contributed by atoms with van der Waals surface area (Å²) in [5.74, 6) is -1.25. The molecular weight excluding hydrogens is 555 g/mol. The molecule has 0 atom stereocenters. The normalized spacial score (nSPS) is 15.5. The maximum Gasteiger partial charge on any atom is 0.262 e. The highest BCUT2D eigenvalue weighted by Crippen LogP contribution is 2.38. The Kier molecular flexibility index (Phi) is 7.01. The molecule has 206 valence electrons. The van der Waals surface area contributed by atoms with Crippen molar-refractivity contribution in [1.29, 1.82) is 0 Å². The summed E-state index contributed by atoms with van der Waals surface area (Å²) in [7, 11) is 0. The maximum atomic E-state index is 15.5. The van der Waals surface area contributed by atoms with E-state index < -0.39 is 17.2 Å². The third-order valence-corrected chi connectivity index (χ3v) is 8.47. The molecule has 0 spiro atoms. The Morgan fingerprint density at radius 2 is 1.90 bits per heavy atom. The maximum absolute atomic E-state index is 15.5. The highest BCUT2D eigenvalue weighted by molar-refractivity contribution is 7.15. The van der Waals surface area contributed by atoms with Gasteiger partial charge in [0.15, 0.2) is 0 Å². The summed E-state index contributed by atoms with van der Waals surface area (Å²) in [6.07, 6.45) is 4.08. The van der Waals surface area contributed by atoms with Crippen LogP contribution in [-0.2, 0) is 6.42 Å². The lowest BCUT2D eigenvalue weighted by molar-refractivity contribution is 0.0746. The largest absolute Gasteiger partial charge is 0.366 e. The Hall–Kier alpha value is -3.83. The van der Waals surface area contributed by atoms with Crippen LogP contribution < -0.4 is 15.6 Å². The van der Waals surface area contributed by atoms with Crippen LogP contribution in [-0.4, -0.2) is 57.7 Å². The molecule has 1 saturated carbocycles. The summed E-state index contributed by atoms with van der Waals surface area (Å²) in [6.45, 7) is 3.65. The summed E-state index contributed by atoms with van der Waals surface area (Å²) in [4.78, 5) is 43.0. The van der Waals surface area contributed by atoms with E-state index in [1.165, 1.54) is 17.4 Å². The Bertz CT molecular complexity index is 1690. The number of nitrogens with zero attached hydrogens (tertiary/aromatic N) is 5. The second-order valence-electron chi connectivity index (χ2n) is 9.93. The molecule has 0 radical (unpaired) electrons. The summed E-state index contributed by atoms with van der Waals surface area (Å²) in [5, 5.41) is 12.4. The number of nitrogens with one attached hydrogen (secondary N) is 1. The van der Waals surface area contributed by atoms with Gasteiger partial charge in [-0.1, -0.05) is 35.9 Å². The standard InChI is InChI=1S/C28H26ClFN6O3S/c1-2-24-32-33-28(40-24)31-26(38)20-15-36(18-6-7-18)22-14-23(21(30)13-19(22)25(20)37)34-8-10-35(11-9-34)27(39)16-4-3-5-17(29)12-16/h3-5,12-15,18H,2,6-11H2,1H3,(H,31,33,38). The predicted octanol–water partition coefficient (Wildman–Crippen LogP) is 4.76. The molecule has 2 aliphatic rings. The third kappa shape index (κ3) is 5.06. The van der Waals surface area contributed by atoms with Crippen LogP contribution in [0.1, 0.15) is 51.5 Å². The summed E-state index contributed by atoms with van der Waals surface area (Å²) in [6, 6.07) is 9.88. The number of rotatable bonds is 6. The van der Waals surface area contributed by atoms with E-state index in [9.17, 15) is 14.4 Å². The average molecular weight is 581 g/mol. The van der Waals surface area contributed by atoms with Gasteiger partial charge in [0, 0.05) is 54.4 Å². The molecule has 0 unspecified atom stereocenters. The topological polar surface area (TPSA) is 100 Å². The lowest BCUT2D eigenvalue weighted by atomic mass is 10.1. The number of pyridine rings is 1. The van der Waals surface area contributed by atoms with E-state index in [1.54, 1.807) is 41.4 Å². The summed E-state index contributed by atoms with van der Waals surface area (Å²) >= 11 is 7.30. The summed E-state index contributed by atoms with van der Waals surface area (Å²) in [5.41, 5.74) is 0.874. The van der Waals surface area contributed by atoms with Crippen LogP contribution >= 0.6 is 22.9 Å². The van der Waals surface area contributed by atoms with Crippen molar-refractivity contribution in [2.45, 2.75) is 32.2 Å². The number of hydrogen-bond acceptors (Lipinski definition) is 7. The number of carbonyl (C=O) groups is 2. The molecule has 9 nitrogen and oxygen atoms in total. The van der Waals surface area contributed by atoms with Gasteiger partial charge in [0.2, 0.25) is 10.6 Å². The van der Waals surface area contributed by atoms with Gasteiger partial charge in [-0.05, 0) is 49.6 Å². The second kappa shape index (κ2) is 10.6. The number of piperazine rings is 1. The van der Waals surface area contributed by atoms with Crippen molar-refractivity contribution >= 4 is 56.5 Å². The van der Waals surface area contributed by atoms with Crippen LogP contribution in [0.15, 0.2) is 47.4 Å². The first-order valence-electron chi connectivity index (χ1n) is 13.1. The Morgan fingerprint density at radius 3 is 2.58 bits per heavy atom. The molecule has 1 aliphatic heterocycles. The number of benzene rings is 2. The monoisotopic (exact) mass is 580 g/mol. The molecule has 2 aromatic carbocycles. The lowest BCUT2D eigenvalue weighted by Crippen LogP contribution is -2.49. The SMILES string of the molecule is CCc1nnc(NC(=O)c2cn(C3CC3)c3cc(N4CCN(C(=O)c5cccc(Cl)c5)CC4)c(F)cc3c2=O)s1. The van der Waals surface area contributed by atoms with Crippen LogP contribution in [0.3, 0.4) is 0 Å². The highest BCUT2D eigenvalue weighted by Gasteiger charge is 2.29. The fourth-order valence-electron chi connectivity index (χ4n) is 4.98. The number of aryl methyl sites for hydroxylation is 1. The summed E-state index contributed by atoms with van der Waals surface area (Å²) < 4.78 is 17.4. The zero-order valence-electron chi connectivity index (χ0n) is 21.7. The average Bonchev–Trinajstić information content (AvgIpc) is 3.71. The molecule has 1 N–H and O–H groups in total. The molecular formula is C28H26ClFN6O3S. The van der Waals surface area contributed by atoms with E-state index in [0.29, 0.717) is 59.5 Å². The first-order chi connectivity index (χ1) is 19.3. The first kappa shape index (κ1) is 26.4. The van der Waals surface area contributed by atoms with Crippen LogP contribution in [0.2, 0.25) is 5.02 Å². The molecule has 4 aromatic rings. The predicted molar refractivity (Wildman–Crippen MR) is 153 cm³/mol. The van der Waals surface area contributed by atoms with Crippen LogP contribution in [0, 0.1) is 5.82 Å². The number of carbonyl (C=O) groups excluding carboxylic acids is 2. The zero-order valence-corrected chi connectivity index (χ0v) is 23.3. The minimum Gasteiger partial charge on any atom is -0.366 e. The van der Waals surface area contributed by atoms with Gasteiger partial charge in [0.1, 0.15) is 16.4 Å². The fraction of sp³-hybridized carbons (Fsp3) is 0.321. The molecule has 1 aliphatic carbocycles. The minimum absolute atomic E-state index is 0.0621. The minimum atomic E-state index is -0.593. The molecule has 1 saturated heterocycles.